The van der Waals surface area contributed by atoms with Gasteiger partial charge in [0.05, 0.1) is 0 Å². The van der Waals surface area contributed by atoms with Crippen molar-refractivity contribution in [1.82, 2.24) is 0 Å². The van der Waals surface area contributed by atoms with Gasteiger partial charge in [0.25, 0.3) is 0 Å². The van der Waals surface area contributed by atoms with Crippen LogP contribution in [-0.4, -0.2) is 45.3 Å². The molecule has 0 spiro atoms. The van der Waals surface area contributed by atoms with Crippen LogP contribution >= 0.6 is 6.83 Å². The third-order valence-corrected chi connectivity index (χ3v) is 16.1. The van der Waals surface area contributed by atoms with Crippen LogP contribution in [0.1, 0.15) is 79.1 Å². The Morgan fingerprint density at radius 1 is 0.667 bits per heavy atom. The zero-order valence-corrected chi connectivity index (χ0v) is 18.1. The summed E-state index contributed by atoms with van der Waals surface area (Å²) in [6.45, 7) is 6.24. The summed E-state index contributed by atoms with van der Waals surface area (Å²) >= 11 is -3.91. The molecule has 0 aromatic rings. The van der Waals surface area contributed by atoms with Crippen LogP contribution < -0.4 is 0 Å². The summed E-state index contributed by atoms with van der Waals surface area (Å²) in [4.78, 5) is 0. The van der Waals surface area contributed by atoms with Crippen LogP contribution in [0.15, 0.2) is 0 Å². The second kappa shape index (κ2) is 11.4. The fourth-order valence-electron chi connectivity index (χ4n) is 3.25. The average Bonchev–Trinajstić information content (AvgIpc) is 2.47. The third-order valence-electron chi connectivity index (χ3n) is 4.61. The van der Waals surface area contributed by atoms with Crippen molar-refractivity contribution in [3.8, 4) is 0 Å². The summed E-state index contributed by atoms with van der Waals surface area (Å²) in [5, 5.41) is 0. The molecular formula is C16H36O3PSb. The first-order chi connectivity index (χ1) is 9.97. The van der Waals surface area contributed by atoms with Crippen LogP contribution in [0.25, 0.3) is 0 Å². The van der Waals surface area contributed by atoms with Gasteiger partial charge >= 0.3 is 140 Å². The summed E-state index contributed by atoms with van der Waals surface area (Å²) in [5.74, 6) is 0. The molecule has 0 aliphatic carbocycles. The summed E-state index contributed by atoms with van der Waals surface area (Å²) in [5.41, 5.74) is 0. The predicted octanol–water partition coefficient (Wildman–Crippen LogP) is 5.52. The zero-order chi connectivity index (χ0) is 16.2. The molecule has 0 heterocycles. The van der Waals surface area contributed by atoms with Gasteiger partial charge in [-0.3, -0.25) is 0 Å². The van der Waals surface area contributed by atoms with Crippen molar-refractivity contribution in [1.29, 1.82) is 0 Å². The SMILES string of the molecule is CCCCP(CCCC)(CCCC)(CCCC)[O][Sb](=[O])=[O]. The molecule has 0 aromatic heterocycles. The van der Waals surface area contributed by atoms with Crippen LogP contribution in [0.5, 0.6) is 0 Å². The molecule has 0 amide bonds. The zero-order valence-electron chi connectivity index (χ0n) is 14.6. The van der Waals surface area contributed by atoms with Gasteiger partial charge in [-0.25, -0.2) is 0 Å². The Morgan fingerprint density at radius 3 is 1.14 bits per heavy atom. The van der Waals surface area contributed by atoms with E-state index in [1.165, 1.54) is 0 Å². The van der Waals surface area contributed by atoms with E-state index >= 15 is 0 Å². The standard InChI is InChI=1S/C16H36OP.2O.Sb/c1-5-9-13-18(17,14-10-6-2,15-11-7-3)16-12-8-4;;;/h5-16H2,1-4H3;;;/q-1;;;+1. The van der Waals surface area contributed by atoms with Gasteiger partial charge in [-0.1, -0.05) is 0 Å². The first kappa shape index (κ1) is 21.8. The van der Waals surface area contributed by atoms with E-state index in [9.17, 15) is 6.03 Å². The van der Waals surface area contributed by atoms with Crippen molar-refractivity contribution in [3.63, 3.8) is 0 Å². The van der Waals surface area contributed by atoms with E-state index < -0.39 is 27.4 Å². The van der Waals surface area contributed by atoms with Gasteiger partial charge in [0.2, 0.25) is 0 Å². The van der Waals surface area contributed by atoms with Gasteiger partial charge in [0.1, 0.15) is 0 Å². The van der Waals surface area contributed by atoms with Crippen LogP contribution in [0.2, 0.25) is 0 Å². The van der Waals surface area contributed by atoms with Crippen molar-refractivity contribution < 1.29 is 8.84 Å². The molecule has 0 saturated heterocycles. The van der Waals surface area contributed by atoms with Crippen molar-refractivity contribution in [2.75, 3.05) is 24.6 Å². The fraction of sp³-hybridized carbons (Fsp3) is 1.00. The minimum atomic E-state index is -3.91. The molecule has 128 valence electrons. The molecule has 0 aliphatic rings. The molecule has 0 fully saturated rings. The predicted molar refractivity (Wildman–Crippen MR) is 94.2 cm³/mol. The van der Waals surface area contributed by atoms with Crippen LogP contribution in [0, 0.1) is 0 Å². The summed E-state index contributed by atoms with van der Waals surface area (Å²) in [7, 11) is 0. The first-order valence-electron chi connectivity index (χ1n) is 8.82. The molecule has 5 heteroatoms. The van der Waals surface area contributed by atoms with Crippen molar-refractivity contribution >= 4 is 27.4 Å². The van der Waals surface area contributed by atoms with Gasteiger partial charge in [-0.05, 0) is 0 Å². The van der Waals surface area contributed by atoms with Gasteiger partial charge in [-0.2, -0.15) is 0 Å². The topological polar surface area (TPSA) is 43.4 Å². The van der Waals surface area contributed by atoms with E-state index in [-0.39, 0.29) is 0 Å². The number of unbranched alkanes of at least 4 members (excludes halogenated alkanes) is 4. The summed E-state index contributed by atoms with van der Waals surface area (Å²) in [6, 6.07) is 0. The molecule has 3 nitrogen and oxygen atoms in total. The van der Waals surface area contributed by atoms with E-state index in [1.807, 2.05) is 0 Å². The van der Waals surface area contributed by atoms with Crippen LogP contribution in [-0.2, 0) is 8.84 Å². The monoisotopic (exact) mass is 428 g/mol. The Labute approximate surface area is 139 Å². The molecule has 0 aliphatic heterocycles. The second-order valence-electron chi connectivity index (χ2n) is 6.47. The summed E-state index contributed by atoms with van der Waals surface area (Å²) in [6.07, 6.45) is 13.1. The Morgan fingerprint density at radius 2 is 0.952 bits per heavy atom. The van der Waals surface area contributed by atoms with Gasteiger partial charge in [-0.15, -0.1) is 0 Å². The first-order valence-corrected chi connectivity index (χ1v) is 14.8. The molecule has 0 N–H and O–H groups in total. The van der Waals surface area contributed by atoms with Crippen molar-refractivity contribution in [2.45, 2.75) is 79.1 Å². The average molecular weight is 429 g/mol. The number of rotatable bonds is 14. The molecule has 0 atom stereocenters. The minimum absolute atomic E-state index is 1.03. The molecule has 0 rings (SSSR count). The normalized spacial score (nSPS) is 13.8. The van der Waals surface area contributed by atoms with Crippen molar-refractivity contribution in [3.05, 3.63) is 0 Å². The molecule has 0 unspecified atom stereocenters. The number of hydrogen-bond acceptors (Lipinski definition) is 3. The Hall–Kier alpha value is 0.808. The summed E-state index contributed by atoms with van der Waals surface area (Å²) < 4.78 is 29.3. The maximum atomic E-state index is 11.6. The maximum absolute atomic E-state index is 11.6. The van der Waals surface area contributed by atoms with Crippen LogP contribution in [0.3, 0.4) is 0 Å². The molecule has 0 aromatic carbocycles. The van der Waals surface area contributed by atoms with Gasteiger partial charge in [0.15, 0.2) is 0 Å². The fourth-order valence-corrected chi connectivity index (χ4v) is 15.8. The molecule has 0 radical (unpaired) electrons. The molecule has 0 bridgehead atoms. The van der Waals surface area contributed by atoms with E-state index in [4.69, 9.17) is 2.80 Å². The van der Waals surface area contributed by atoms with E-state index in [0.717, 1.165) is 76.0 Å². The van der Waals surface area contributed by atoms with E-state index in [1.54, 1.807) is 0 Å². The Kier molecular flexibility index (Phi) is 11.8. The van der Waals surface area contributed by atoms with Gasteiger partial charge in [0, 0.05) is 0 Å². The van der Waals surface area contributed by atoms with Crippen molar-refractivity contribution in [2.24, 2.45) is 0 Å². The third kappa shape index (κ3) is 7.76. The molecule has 0 saturated carbocycles. The van der Waals surface area contributed by atoms with E-state index in [2.05, 4.69) is 27.7 Å². The molecule has 21 heavy (non-hydrogen) atoms. The molecular weight excluding hydrogens is 393 g/mol. The van der Waals surface area contributed by atoms with E-state index in [0.29, 0.717) is 0 Å². The quantitative estimate of drug-likeness (QED) is 0.270. The number of hydrogen-bond donors (Lipinski definition) is 0. The second-order valence-corrected chi connectivity index (χ2v) is 14.8. The van der Waals surface area contributed by atoms with Crippen LogP contribution in [0.4, 0.5) is 0 Å². The Balaban J connectivity index is 5.55. The Bertz CT molecular complexity index is 291. The van der Waals surface area contributed by atoms with Gasteiger partial charge < -0.3 is 0 Å².